The molecule has 0 bridgehead atoms. The molecule has 0 fully saturated rings. The highest BCUT2D eigenvalue weighted by atomic mass is 16.6. The van der Waals surface area contributed by atoms with Crippen LogP contribution in [0, 0.1) is 0 Å². The number of hydrogen-bond donors (Lipinski definition) is 0. The monoisotopic (exact) mass is 1050 g/mol. The van der Waals surface area contributed by atoms with E-state index in [9.17, 15) is 14.4 Å². The van der Waals surface area contributed by atoms with Gasteiger partial charge < -0.3 is 14.2 Å². The number of carbonyl (C=O) groups is 3. The largest absolute Gasteiger partial charge is 0.462 e. The third kappa shape index (κ3) is 62.1. The van der Waals surface area contributed by atoms with E-state index < -0.39 is 6.10 Å². The number of carbonyl (C=O) groups excluding carboxylic acids is 3. The molecule has 6 heteroatoms. The third-order valence-corrected chi connectivity index (χ3v) is 14.8. The van der Waals surface area contributed by atoms with E-state index in [1.165, 1.54) is 231 Å². The molecule has 0 aromatic carbocycles. The summed E-state index contributed by atoms with van der Waals surface area (Å²) in [6.45, 7) is 6.54. The van der Waals surface area contributed by atoms with Crippen LogP contribution in [0.15, 0.2) is 48.6 Å². The van der Waals surface area contributed by atoms with Crippen molar-refractivity contribution in [2.45, 2.75) is 361 Å². The first-order valence-electron chi connectivity index (χ1n) is 33.1. The highest BCUT2D eigenvalue weighted by Crippen LogP contribution is 2.18. The maximum Gasteiger partial charge on any atom is 0.306 e. The van der Waals surface area contributed by atoms with Gasteiger partial charge in [0.15, 0.2) is 6.10 Å². The summed E-state index contributed by atoms with van der Waals surface area (Å²) in [6.07, 6.45) is 80.3. The Bertz CT molecular complexity index is 1300. The fraction of sp³-hybridized carbons (Fsp3) is 0.841. The standard InChI is InChI=1S/C69H126O6/c1-4-7-10-13-16-18-20-22-24-25-26-27-28-29-30-31-32-33-34-35-36-37-38-39-40-41-42-43-45-46-48-50-53-56-59-62-68(71)74-65-66(64-73-67(70)61-58-55-52-15-12-9-6-3)75-69(72)63-60-57-54-51-49-47-44-23-21-19-17-14-11-8-5-2/h7,10,16,18,22,24,26-27,66H,4-6,8-9,11-15,17,19-21,23,25,28-65H2,1-3H3/b10-7-,18-16-,24-22-,27-26-. The summed E-state index contributed by atoms with van der Waals surface area (Å²) in [6, 6.07) is 0. The Morgan fingerprint density at radius 3 is 0.813 bits per heavy atom. The Balaban J connectivity index is 3.92. The van der Waals surface area contributed by atoms with Crippen molar-refractivity contribution in [2.75, 3.05) is 13.2 Å². The normalized spacial score (nSPS) is 12.3. The second kappa shape index (κ2) is 63.9. The van der Waals surface area contributed by atoms with Crippen LogP contribution in [0.2, 0.25) is 0 Å². The average molecular weight is 1050 g/mol. The lowest BCUT2D eigenvalue weighted by Gasteiger charge is -2.18. The molecule has 0 saturated carbocycles. The van der Waals surface area contributed by atoms with Crippen LogP contribution in [0.4, 0.5) is 0 Å². The first-order valence-corrected chi connectivity index (χ1v) is 33.1. The maximum absolute atomic E-state index is 12.8. The molecule has 0 saturated heterocycles. The van der Waals surface area contributed by atoms with Gasteiger partial charge in [0.1, 0.15) is 13.2 Å². The van der Waals surface area contributed by atoms with E-state index in [4.69, 9.17) is 14.2 Å². The Kier molecular flexibility index (Phi) is 61.7. The Morgan fingerprint density at radius 2 is 0.520 bits per heavy atom. The zero-order chi connectivity index (χ0) is 54.3. The van der Waals surface area contributed by atoms with Crippen molar-refractivity contribution in [3.05, 3.63) is 48.6 Å². The molecule has 1 unspecified atom stereocenters. The Morgan fingerprint density at radius 1 is 0.280 bits per heavy atom. The van der Waals surface area contributed by atoms with Crippen molar-refractivity contribution in [1.82, 2.24) is 0 Å². The molecule has 0 heterocycles. The summed E-state index contributed by atoms with van der Waals surface area (Å²) in [5.41, 5.74) is 0. The fourth-order valence-corrected chi connectivity index (χ4v) is 9.91. The van der Waals surface area contributed by atoms with Gasteiger partial charge in [-0.2, -0.15) is 0 Å². The zero-order valence-corrected chi connectivity index (χ0v) is 50.3. The number of rotatable bonds is 61. The quantitative estimate of drug-likeness (QED) is 0.0261. The van der Waals surface area contributed by atoms with Crippen LogP contribution in [0.1, 0.15) is 355 Å². The Labute approximate surface area is 467 Å². The predicted molar refractivity (Wildman–Crippen MR) is 325 cm³/mol. The topological polar surface area (TPSA) is 78.9 Å². The lowest BCUT2D eigenvalue weighted by atomic mass is 10.0. The van der Waals surface area contributed by atoms with Crippen molar-refractivity contribution in [3.63, 3.8) is 0 Å². The van der Waals surface area contributed by atoms with Gasteiger partial charge in [-0.15, -0.1) is 0 Å². The van der Waals surface area contributed by atoms with Crippen LogP contribution < -0.4 is 0 Å². The number of esters is 3. The second-order valence-corrected chi connectivity index (χ2v) is 22.4. The van der Waals surface area contributed by atoms with E-state index in [-0.39, 0.29) is 31.1 Å². The van der Waals surface area contributed by atoms with Crippen LogP contribution in [0.25, 0.3) is 0 Å². The highest BCUT2D eigenvalue weighted by Gasteiger charge is 2.19. The molecule has 1 atom stereocenters. The average Bonchev–Trinajstić information content (AvgIpc) is 3.41. The van der Waals surface area contributed by atoms with Crippen molar-refractivity contribution < 1.29 is 28.6 Å². The van der Waals surface area contributed by atoms with Gasteiger partial charge in [-0.3, -0.25) is 14.4 Å². The number of unbranched alkanes of at least 4 members (excludes halogenated alkanes) is 42. The molecule has 6 nitrogen and oxygen atoms in total. The van der Waals surface area contributed by atoms with E-state index in [1.54, 1.807) is 0 Å². The van der Waals surface area contributed by atoms with Crippen molar-refractivity contribution in [3.8, 4) is 0 Å². The van der Waals surface area contributed by atoms with Gasteiger partial charge >= 0.3 is 17.9 Å². The summed E-state index contributed by atoms with van der Waals surface area (Å²) in [4.78, 5) is 38.0. The molecule has 438 valence electrons. The summed E-state index contributed by atoms with van der Waals surface area (Å²) in [5.74, 6) is -0.849. The molecule has 0 rings (SSSR count). The lowest BCUT2D eigenvalue weighted by Crippen LogP contribution is -2.30. The molecular weight excluding hydrogens is 925 g/mol. The van der Waals surface area contributed by atoms with E-state index in [0.29, 0.717) is 19.3 Å². The summed E-state index contributed by atoms with van der Waals surface area (Å²) >= 11 is 0. The minimum Gasteiger partial charge on any atom is -0.462 e. The van der Waals surface area contributed by atoms with E-state index >= 15 is 0 Å². The molecular formula is C69H126O6. The first-order chi connectivity index (χ1) is 37.0. The van der Waals surface area contributed by atoms with Crippen molar-refractivity contribution in [1.29, 1.82) is 0 Å². The van der Waals surface area contributed by atoms with Crippen molar-refractivity contribution in [2.24, 2.45) is 0 Å². The second-order valence-electron chi connectivity index (χ2n) is 22.4. The molecule has 0 radical (unpaired) electrons. The van der Waals surface area contributed by atoms with Crippen LogP contribution in [-0.4, -0.2) is 37.2 Å². The maximum atomic E-state index is 12.8. The van der Waals surface area contributed by atoms with Gasteiger partial charge in [0.25, 0.3) is 0 Å². The predicted octanol–water partition coefficient (Wildman–Crippen LogP) is 22.6. The van der Waals surface area contributed by atoms with Crippen LogP contribution in [-0.2, 0) is 28.6 Å². The molecule has 0 N–H and O–H groups in total. The molecule has 0 aromatic heterocycles. The van der Waals surface area contributed by atoms with Crippen LogP contribution >= 0.6 is 0 Å². The molecule has 0 aromatic rings. The van der Waals surface area contributed by atoms with Crippen LogP contribution in [0.5, 0.6) is 0 Å². The van der Waals surface area contributed by atoms with Gasteiger partial charge in [0.05, 0.1) is 0 Å². The van der Waals surface area contributed by atoms with Crippen molar-refractivity contribution >= 4 is 17.9 Å². The number of allylic oxidation sites excluding steroid dienone is 8. The van der Waals surface area contributed by atoms with E-state index in [0.717, 1.165) is 83.5 Å². The van der Waals surface area contributed by atoms with Gasteiger partial charge in [-0.25, -0.2) is 0 Å². The number of hydrogen-bond acceptors (Lipinski definition) is 6. The third-order valence-electron chi connectivity index (χ3n) is 14.8. The summed E-state index contributed by atoms with van der Waals surface area (Å²) < 4.78 is 16.8. The van der Waals surface area contributed by atoms with E-state index in [2.05, 4.69) is 69.4 Å². The first kappa shape index (κ1) is 72.4. The zero-order valence-electron chi connectivity index (χ0n) is 50.3. The molecule has 0 aliphatic carbocycles. The molecule has 0 spiro atoms. The molecule has 0 aliphatic heterocycles. The molecule has 0 aliphatic rings. The minimum absolute atomic E-state index is 0.0655. The SMILES string of the molecule is CC/C=C\C/C=C\C/C=C\C/C=C\CCCCCCCCCCCCCCCCCCCCCCCCC(=O)OCC(COC(=O)CCCCCCCCC)OC(=O)CCCCCCCCCCCCCCCCC. The van der Waals surface area contributed by atoms with Gasteiger partial charge in [0.2, 0.25) is 0 Å². The Hall–Kier alpha value is -2.63. The van der Waals surface area contributed by atoms with Gasteiger partial charge in [-0.05, 0) is 57.8 Å². The molecule has 75 heavy (non-hydrogen) atoms. The molecule has 0 amide bonds. The smallest absolute Gasteiger partial charge is 0.306 e. The summed E-state index contributed by atoms with van der Waals surface area (Å²) in [5, 5.41) is 0. The lowest BCUT2D eigenvalue weighted by molar-refractivity contribution is -0.167. The van der Waals surface area contributed by atoms with Gasteiger partial charge in [0, 0.05) is 19.3 Å². The minimum atomic E-state index is -0.764. The summed E-state index contributed by atoms with van der Waals surface area (Å²) in [7, 11) is 0. The van der Waals surface area contributed by atoms with E-state index in [1.807, 2.05) is 0 Å². The highest BCUT2D eigenvalue weighted by molar-refractivity contribution is 5.71. The number of ether oxygens (including phenoxy) is 3. The van der Waals surface area contributed by atoms with Crippen LogP contribution in [0.3, 0.4) is 0 Å². The van der Waals surface area contributed by atoms with Gasteiger partial charge in [-0.1, -0.05) is 326 Å². The fourth-order valence-electron chi connectivity index (χ4n) is 9.91.